The zero-order chi connectivity index (χ0) is 22.3. The number of carbonyl (C=O) groups is 2. The number of rotatable bonds is 4. The average molecular weight is 426 g/mol. The number of hydrazine groups is 1. The molecule has 3 N–H and O–H groups in total. The standard InChI is InChI=1S/C21H22N4O4S/c1-21(2,3)16-10-8-15(9-11-16)19(27)23-24-20(30)22-18(26)12-7-14-5-4-6-17(13-14)25(28)29/h4-13H,1-3H3,(H,23,27)(H2,22,24,26,30)/b12-7+. The molecule has 30 heavy (non-hydrogen) atoms. The molecular weight excluding hydrogens is 404 g/mol. The van der Waals surface area contributed by atoms with Crippen molar-refractivity contribution in [3.05, 3.63) is 81.4 Å². The molecule has 0 radical (unpaired) electrons. The van der Waals surface area contributed by atoms with E-state index >= 15 is 0 Å². The summed E-state index contributed by atoms with van der Waals surface area (Å²) in [5, 5.41) is 13.0. The smallest absolute Gasteiger partial charge is 0.270 e. The van der Waals surface area contributed by atoms with Crippen molar-refractivity contribution in [1.29, 1.82) is 0 Å². The lowest BCUT2D eigenvalue weighted by Gasteiger charge is -2.19. The number of carbonyl (C=O) groups excluding carboxylic acids is 2. The molecule has 8 nitrogen and oxygen atoms in total. The minimum Gasteiger partial charge on any atom is -0.298 e. The van der Waals surface area contributed by atoms with Crippen LogP contribution in [0.15, 0.2) is 54.6 Å². The highest BCUT2D eigenvalue weighted by Crippen LogP contribution is 2.22. The second-order valence-corrected chi connectivity index (χ2v) is 7.82. The van der Waals surface area contributed by atoms with Crippen LogP contribution in [0, 0.1) is 10.1 Å². The van der Waals surface area contributed by atoms with Gasteiger partial charge in [0.1, 0.15) is 0 Å². The van der Waals surface area contributed by atoms with Crippen LogP contribution < -0.4 is 16.2 Å². The normalized spacial score (nSPS) is 11.0. The lowest BCUT2D eigenvalue weighted by molar-refractivity contribution is -0.384. The van der Waals surface area contributed by atoms with Crippen LogP contribution in [0.2, 0.25) is 0 Å². The molecule has 0 heterocycles. The van der Waals surface area contributed by atoms with Crippen molar-refractivity contribution in [2.45, 2.75) is 26.2 Å². The molecule has 0 saturated carbocycles. The first kappa shape index (κ1) is 22.7. The number of nitro benzene ring substituents is 1. The van der Waals surface area contributed by atoms with Gasteiger partial charge in [0.15, 0.2) is 5.11 Å². The Morgan fingerprint density at radius 1 is 1.07 bits per heavy atom. The Morgan fingerprint density at radius 2 is 1.73 bits per heavy atom. The van der Waals surface area contributed by atoms with Crippen molar-refractivity contribution in [1.82, 2.24) is 16.2 Å². The molecule has 0 fully saturated rings. The third-order valence-electron chi connectivity index (χ3n) is 4.05. The summed E-state index contributed by atoms with van der Waals surface area (Å²) in [4.78, 5) is 34.3. The Hall–Kier alpha value is -3.59. The van der Waals surface area contributed by atoms with Gasteiger partial charge in [0.05, 0.1) is 4.92 Å². The maximum atomic E-state index is 12.2. The molecule has 2 aromatic carbocycles. The molecule has 2 rings (SSSR count). The minimum absolute atomic E-state index is 0.0166. The Morgan fingerprint density at radius 3 is 2.33 bits per heavy atom. The van der Waals surface area contributed by atoms with Gasteiger partial charge in [-0.05, 0) is 47.0 Å². The molecule has 2 amide bonds. The van der Waals surface area contributed by atoms with Crippen molar-refractivity contribution in [3.8, 4) is 0 Å². The van der Waals surface area contributed by atoms with Crippen molar-refractivity contribution in [2.24, 2.45) is 0 Å². The lowest BCUT2D eigenvalue weighted by atomic mass is 9.87. The predicted octanol–water partition coefficient (Wildman–Crippen LogP) is 3.24. The largest absolute Gasteiger partial charge is 0.298 e. The van der Waals surface area contributed by atoms with Gasteiger partial charge in [0.25, 0.3) is 11.6 Å². The number of benzene rings is 2. The highest BCUT2D eigenvalue weighted by Gasteiger charge is 2.14. The number of nitro groups is 1. The van der Waals surface area contributed by atoms with Crippen LogP contribution in [0.5, 0.6) is 0 Å². The van der Waals surface area contributed by atoms with Gasteiger partial charge in [0.2, 0.25) is 5.91 Å². The van der Waals surface area contributed by atoms with Gasteiger partial charge in [0, 0.05) is 23.8 Å². The average Bonchev–Trinajstić information content (AvgIpc) is 2.70. The van der Waals surface area contributed by atoms with E-state index in [0.29, 0.717) is 11.1 Å². The van der Waals surface area contributed by atoms with Crippen molar-refractivity contribution >= 4 is 40.9 Å². The summed E-state index contributed by atoms with van der Waals surface area (Å²) in [7, 11) is 0. The summed E-state index contributed by atoms with van der Waals surface area (Å²) >= 11 is 4.97. The van der Waals surface area contributed by atoms with Gasteiger partial charge in [-0.2, -0.15) is 0 Å². The summed E-state index contributed by atoms with van der Waals surface area (Å²) in [6.45, 7) is 6.24. The van der Waals surface area contributed by atoms with E-state index in [4.69, 9.17) is 12.2 Å². The van der Waals surface area contributed by atoms with Crippen LogP contribution in [0.1, 0.15) is 42.3 Å². The van der Waals surface area contributed by atoms with Gasteiger partial charge in [-0.25, -0.2) is 0 Å². The van der Waals surface area contributed by atoms with Crippen LogP contribution >= 0.6 is 12.2 Å². The van der Waals surface area contributed by atoms with Gasteiger partial charge < -0.3 is 0 Å². The first-order valence-electron chi connectivity index (χ1n) is 9.00. The van der Waals surface area contributed by atoms with E-state index in [0.717, 1.165) is 5.56 Å². The minimum atomic E-state index is -0.553. The lowest BCUT2D eigenvalue weighted by Crippen LogP contribution is -2.48. The number of thiocarbonyl (C=S) groups is 1. The molecule has 2 aromatic rings. The molecule has 156 valence electrons. The van der Waals surface area contributed by atoms with E-state index in [9.17, 15) is 19.7 Å². The van der Waals surface area contributed by atoms with E-state index in [2.05, 4.69) is 36.9 Å². The molecule has 0 bridgehead atoms. The van der Waals surface area contributed by atoms with E-state index in [-0.39, 0.29) is 16.2 Å². The third kappa shape index (κ3) is 6.78. The van der Waals surface area contributed by atoms with Gasteiger partial charge in [-0.3, -0.25) is 35.9 Å². The summed E-state index contributed by atoms with van der Waals surface area (Å²) < 4.78 is 0. The van der Waals surface area contributed by atoms with Crippen molar-refractivity contribution in [2.75, 3.05) is 0 Å². The second-order valence-electron chi connectivity index (χ2n) is 7.41. The maximum Gasteiger partial charge on any atom is 0.270 e. The summed E-state index contributed by atoms with van der Waals surface area (Å²) in [6, 6.07) is 13.0. The van der Waals surface area contributed by atoms with E-state index in [1.165, 1.54) is 30.4 Å². The number of hydrogen-bond acceptors (Lipinski definition) is 5. The van der Waals surface area contributed by atoms with Crippen LogP contribution in [0.25, 0.3) is 6.08 Å². The molecule has 0 saturated heterocycles. The highest BCUT2D eigenvalue weighted by molar-refractivity contribution is 7.80. The third-order valence-corrected chi connectivity index (χ3v) is 4.25. The molecular formula is C21H22N4O4S. The molecule has 0 atom stereocenters. The first-order chi connectivity index (χ1) is 14.1. The Bertz CT molecular complexity index is 995. The van der Waals surface area contributed by atoms with E-state index < -0.39 is 16.7 Å². The van der Waals surface area contributed by atoms with Crippen LogP contribution in [0.4, 0.5) is 5.69 Å². The van der Waals surface area contributed by atoms with Crippen molar-refractivity contribution in [3.63, 3.8) is 0 Å². The Labute approximate surface area is 179 Å². The molecule has 0 spiro atoms. The topological polar surface area (TPSA) is 113 Å². The summed E-state index contributed by atoms with van der Waals surface area (Å²) in [5.41, 5.74) is 6.81. The van der Waals surface area contributed by atoms with Gasteiger partial charge >= 0.3 is 0 Å². The molecule has 0 aliphatic rings. The monoisotopic (exact) mass is 426 g/mol. The highest BCUT2D eigenvalue weighted by atomic mass is 32.1. The molecule has 0 aromatic heterocycles. The zero-order valence-electron chi connectivity index (χ0n) is 16.8. The fourth-order valence-electron chi connectivity index (χ4n) is 2.41. The molecule has 0 aliphatic heterocycles. The van der Waals surface area contributed by atoms with Crippen LogP contribution in [-0.4, -0.2) is 21.9 Å². The quantitative estimate of drug-likeness (QED) is 0.299. The molecule has 9 heteroatoms. The Kier molecular flexibility index (Phi) is 7.38. The fourth-order valence-corrected chi connectivity index (χ4v) is 2.56. The number of non-ortho nitro benzene ring substituents is 1. The number of amides is 2. The van der Waals surface area contributed by atoms with Crippen molar-refractivity contribution < 1.29 is 14.5 Å². The molecule has 0 unspecified atom stereocenters. The summed E-state index contributed by atoms with van der Waals surface area (Å²) in [5.74, 6) is -0.956. The maximum absolute atomic E-state index is 12.2. The predicted molar refractivity (Wildman–Crippen MR) is 119 cm³/mol. The number of hydrogen-bond donors (Lipinski definition) is 3. The number of nitrogens with zero attached hydrogens (tertiary/aromatic N) is 1. The van der Waals surface area contributed by atoms with E-state index in [1.807, 2.05) is 12.1 Å². The van der Waals surface area contributed by atoms with Crippen LogP contribution in [0.3, 0.4) is 0 Å². The zero-order valence-corrected chi connectivity index (χ0v) is 17.6. The van der Waals surface area contributed by atoms with Crippen LogP contribution in [-0.2, 0) is 10.2 Å². The first-order valence-corrected chi connectivity index (χ1v) is 9.41. The van der Waals surface area contributed by atoms with Gasteiger partial charge in [-0.1, -0.05) is 45.0 Å². The Balaban J connectivity index is 1.85. The second kappa shape index (κ2) is 9.75. The summed E-state index contributed by atoms with van der Waals surface area (Å²) in [6.07, 6.45) is 2.60. The van der Waals surface area contributed by atoms with E-state index in [1.54, 1.807) is 18.2 Å². The SMILES string of the molecule is CC(C)(C)c1ccc(C(=O)NNC(=S)NC(=O)/C=C/c2cccc([N+](=O)[O-])c2)cc1. The molecule has 0 aliphatic carbocycles. The number of nitrogens with one attached hydrogen (secondary N) is 3. The van der Waals surface area contributed by atoms with Gasteiger partial charge in [-0.15, -0.1) is 0 Å². The fraction of sp³-hybridized carbons (Fsp3) is 0.190.